The Labute approximate surface area is 173 Å². The molecule has 3 fully saturated rings. The van der Waals surface area contributed by atoms with Gasteiger partial charge in [0.15, 0.2) is 0 Å². The van der Waals surface area contributed by atoms with E-state index in [2.05, 4.69) is 6.92 Å². The third-order valence-electron chi connectivity index (χ3n) is 7.31. The second kappa shape index (κ2) is 7.12. The Balaban J connectivity index is 1.46. The summed E-state index contributed by atoms with van der Waals surface area (Å²) in [6, 6.07) is 7.90. The molecule has 30 heavy (non-hydrogen) atoms. The molecule has 1 saturated carbocycles. The molecule has 6 heteroatoms. The molecule has 3 aliphatic rings. The average Bonchev–Trinajstić information content (AvgIpc) is 3.40. The topological polar surface area (TPSA) is 29.5 Å². The highest BCUT2D eigenvalue weighted by Crippen LogP contribution is 2.59. The molecule has 3 atom stereocenters. The first-order chi connectivity index (χ1) is 14.4. The number of halogens is 3. The first kappa shape index (κ1) is 19.6. The van der Waals surface area contributed by atoms with Crippen molar-refractivity contribution in [3.63, 3.8) is 0 Å². The maximum absolute atomic E-state index is 15.4. The lowest BCUT2D eigenvalue weighted by atomic mass is 9.86. The molecule has 2 unspecified atom stereocenters. The van der Waals surface area contributed by atoms with E-state index in [4.69, 9.17) is 4.74 Å². The lowest BCUT2D eigenvalue weighted by Gasteiger charge is -2.34. The van der Waals surface area contributed by atoms with Gasteiger partial charge in [-0.25, -0.2) is 13.2 Å². The highest BCUT2D eigenvalue weighted by Gasteiger charge is 2.59. The van der Waals surface area contributed by atoms with Crippen LogP contribution in [0.15, 0.2) is 36.4 Å². The van der Waals surface area contributed by atoms with Crippen molar-refractivity contribution in [1.82, 2.24) is 4.90 Å². The predicted octanol–water partition coefficient (Wildman–Crippen LogP) is 4.73. The van der Waals surface area contributed by atoms with Crippen LogP contribution in [-0.2, 0) is 16.0 Å². The first-order valence-corrected chi connectivity index (χ1v) is 10.5. The summed E-state index contributed by atoms with van der Waals surface area (Å²) in [6.45, 7) is 3.45. The van der Waals surface area contributed by atoms with E-state index in [0.717, 1.165) is 31.4 Å². The fourth-order valence-electron chi connectivity index (χ4n) is 5.07. The van der Waals surface area contributed by atoms with Gasteiger partial charge in [0, 0.05) is 36.2 Å². The van der Waals surface area contributed by atoms with Crippen LogP contribution in [0.5, 0.6) is 0 Å². The molecule has 1 aliphatic carbocycles. The van der Waals surface area contributed by atoms with Gasteiger partial charge < -0.3 is 9.64 Å². The SMILES string of the molecule is CC1C(Cc2cccc(-c3ccc(F)cc3F)c2F)N(C(=O)[C@H]2CCO2)CC12CC2. The number of rotatable bonds is 4. The van der Waals surface area contributed by atoms with Crippen LogP contribution in [-0.4, -0.2) is 36.1 Å². The second-order valence-electron chi connectivity index (χ2n) is 8.94. The largest absolute Gasteiger partial charge is 0.368 e. The van der Waals surface area contributed by atoms with Gasteiger partial charge in [-0.2, -0.15) is 0 Å². The summed E-state index contributed by atoms with van der Waals surface area (Å²) in [6.07, 6.45) is 2.89. The minimum Gasteiger partial charge on any atom is -0.368 e. The molecule has 0 bridgehead atoms. The van der Waals surface area contributed by atoms with E-state index >= 15 is 4.39 Å². The van der Waals surface area contributed by atoms with Crippen molar-refractivity contribution in [2.45, 2.75) is 44.8 Å². The van der Waals surface area contributed by atoms with Gasteiger partial charge in [0.05, 0.1) is 6.61 Å². The lowest BCUT2D eigenvalue weighted by molar-refractivity contribution is -0.157. The minimum absolute atomic E-state index is 0.00279. The number of ether oxygens (including phenoxy) is 1. The smallest absolute Gasteiger partial charge is 0.252 e. The lowest BCUT2D eigenvalue weighted by Crippen LogP contribution is -2.49. The van der Waals surface area contributed by atoms with Crippen molar-refractivity contribution >= 4 is 5.91 Å². The highest BCUT2D eigenvalue weighted by atomic mass is 19.1. The number of likely N-dealkylation sites (tertiary alicyclic amines) is 1. The number of amides is 1. The molecule has 2 aliphatic heterocycles. The Morgan fingerprint density at radius 2 is 1.93 bits per heavy atom. The summed E-state index contributed by atoms with van der Waals surface area (Å²) in [4.78, 5) is 14.9. The number of benzene rings is 2. The van der Waals surface area contributed by atoms with Crippen molar-refractivity contribution in [3.05, 3.63) is 59.4 Å². The second-order valence-corrected chi connectivity index (χ2v) is 8.94. The minimum atomic E-state index is -0.795. The van der Waals surface area contributed by atoms with Gasteiger partial charge in [-0.3, -0.25) is 4.79 Å². The molecule has 1 spiro atoms. The molecular formula is C24H24F3NO2. The van der Waals surface area contributed by atoms with E-state index in [1.165, 1.54) is 12.1 Å². The molecule has 0 aromatic heterocycles. The van der Waals surface area contributed by atoms with Gasteiger partial charge in [-0.1, -0.05) is 25.1 Å². The van der Waals surface area contributed by atoms with Crippen LogP contribution in [0.3, 0.4) is 0 Å². The molecule has 1 amide bonds. The maximum Gasteiger partial charge on any atom is 0.252 e. The Morgan fingerprint density at radius 1 is 1.17 bits per heavy atom. The van der Waals surface area contributed by atoms with Crippen LogP contribution >= 0.6 is 0 Å². The third-order valence-corrected chi connectivity index (χ3v) is 7.31. The fourth-order valence-corrected chi connectivity index (χ4v) is 5.07. The summed E-state index contributed by atoms with van der Waals surface area (Å²) in [5.41, 5.74) is 0.723. The van der Waals surface area contributed by atoms with Gasteiger partial charge in [0.25, 0.3) is 5.91 Å². The van der Waals surface area contributed by atoms with Crippen LogP contribution in [0.4, 0.5) is 13.2 Å². The van der Waals surface area contributed by atoms with E-state index < -0.39 is 17.5 Å². The van der Waals surface area contributed by atoms with E-state index in [1.54, 1.807) is 12.1 Å². The van der Waals surface area contributed by atoms with Crippen LogP contribution in [0.2, 0.25) is 0 Å². The zero-order valence-electron chi connectivity index (χ0n) is 16.8. The van der Waals surface area contributed by atoms with Gasteiger partial charge in [-0.15, -0.1) is 0 Å². The van der Waals surface area contributed by atoms with Crippen LogP contribution in [0.25, 0.3) is 11.1 Å². The summed E-state index contributed by atoms with van der Waals surface area (Å²) in [7, 11) is 0. The molecule has 0 N–H and O–H groups in total. The van der Waals surface area contributed by atoms with Crippen molar-refractivity contribution in [2.75, 3.05) is 13.2 Å². The average molecular weight is 415 g/mol. The number of hydrogen-bond donors (Lipinski definition) is 0. The third kappa shape index (κ3) is 3.13. The van der Waals surface area contributed by atoms with Crippen molar-refractivity contribution in [3.8, 4) is 11.1 Å². The summed E-state index contributed by atoms with van der Waals surface area (Å²) in [5.74, 6) is -1.75. The normalized spacial score (nSPS) is 26.7. The number of nitrogens with zero attached hydrogens (tertiary/aromatic N) is 1. The summed E-state index contributed by atoms with van der Waals surface area (Å²) < 4.78 is 48.3. The monoisotopic (exact) mass is 415 g/mol. The number of hydrogen-bond acceptors (Lipinski definition) is 2. The summed E-state index contributed by atoms with van der Waals surface area (Å²) >= 11 is 0. The Hall–Kier alpha value is -2.34. The number of carbonyl (C=O) groups excluding carboxylic acids is 1. The van der Waals surface area contributed by atoms with E-state index in [9.17, 15) is 13.6 Å². The molecule has 3 nitrogen and oxygen atoms in total. The van der Waals surface area contributed by atoms with E-state index in [-0.39, 0.29) is 40.5 Å². The Bertz CT molecular complexity index is 1000. The Morgan fingerprint density at radius 3 is 2.57 bits per heavy atom. The molecule has 2 aromatic carbocycles. The van der Waals surface area contributed by atoms with Gasteiger partial charge in [0.1, 0.15) is 23.6 Å². The molecule has 2 heterocycles. The fraction of sp³-hybridized carbons (Fsp3) is 0.458. The van der Waals surface area contributed by atoms with Gasteiger partial charge >= 0.3 is 0 Å². The highest BCUT2D eigenvalue weighted by molar-refractivity contribution is 5.82. The first-order valence-electron chi connectivity index (χ1n) is 10.5. The number of carbonyl (C=O) groups is 1. The quantitative estimate of drug-likeness (QED) is 0.723. The zero-order chi connectivity index (χ0) is 21.0. The van der Waals surface area contributed by atoms with Gasteiger partial charge in [-0.05, 0) is 48.3 Å². The van der Waals surface area contributed by atoms with Crippen LogP contribution in [0.1, 0.15) is 31.7 Å². The molecular weight excluding hydrogens is 391 g/mol. The molecule has 2 saturated heterocycles. The molecule has 0 radical (unpaired) electrons. The van der Waals surface area contributed by atoms with Crippen molar-refractivity contribution in [2.24, 2.45) is 11.3 Å². The van der Waals surface area contributed by atoms with Crippen LogP contribution < -0.4 is 0 Å². The summed E-state index contributed by atoms with van der Waals surface area (Å²) in [5, 5.41) is 0. The van der Waals surface area contributed by atoms with E-state index in [0.29, 0.717) is 25.1 Å². The van der Waals surface area contributed by atoms with Crippen molar-refractivity contribution < 1.29 is 22.7 Å². The maximum atomic E-state index is 15.4. The standard InChI is InChI=1S/C24H24F3NO2/c1-14-20(28(13-24(14)8-9-24)23(29)21-7-10-30-21)11-15-3-2-4-18(22(15)27)17-6-5-16(25)12-19(17)26/h2-6,12,14,20-21H,7-11,13H2,1H3/t14?,20?,21-/m1/s1. The van der Waals surface area contributed by atoms with Crippen molar-refractivity contribution in [1.29, 1.82) is 0 Å². The zero-order valence-corrected chi connectivity index (χ0v) is 16.8. The predicted molar refractivity (Wildman–Crippen MR) is 106 cm³/mol. The van der Waals surface area contributed by atoms with Crippen LogP contribution in [0, 0.1) is 28.8 Å². The van der Waals surface area contributed by atoms with E-state index in [1.807, 2.05) is 4.90 Å². The van der Waals surface area contributed by atoms with Gasteiger partial charge in [0.2, 0.25) is 0 Å². The Kier molecular flexibility index (Phi) is 4.65. The molecule has 5 rings (SSSR count). The molecule has 158 valence electrons. The molecule has 2 aromatic rings.